The number of thiophene rings is 1. The molecule has 3 aliphatic rings. The number of carbonyl (C=O) groups is 1. The summed E-state index contributed by atoms with van der Waals surface area (Å²) in [6.07, 6.45) is 0.680. The second-order valence-electron chi connectivity index (χ2n) is 6.36. The zero-order valence-corrected chi connectivity index (χ0v) is 14.0. The molecule has 4 heterocycles. The summed E-state index contributed by atoms with van der Waals surface area (Å²) in [7, 11) is 2.12. The molecule has 24 heavy (non-hydrogen) atoms. The molecule has 0 aliphatic carbocycles. The van der Waals surface area contributed by atoms with Crippen molar-refractivity contribution >= 4 is 22.2 Å². The van der Waals surface area contributed by atoms with Crippen LogP contribution in [-0.4, -0.2) is 31.2 Å². The van der Waals surface area contributed by atoms with Gasteiger partial charge in [-0.25, -0.2) is 0 Å². The third kappa shape index (κ3) is 2.08. The number of hydrogen-bond acceptors (Lipinski definition) is 6. The van der Waals surface area contributed by atoms with Crippen LogP contribution in [0.1, 0.15) is 32.5 Å². The maximum atomic E-state index is 12.7. The largest absolute Gasteiger partial charge is 0.454 e. The van der Waals surface area contributed by atoms with Gasteiger partial charge in [0.15, 0.2) is 11.5 Å². The van der Waals surface area contributed by atoms with E-state index in [0.717, 1.165) is 47.1 Å². The molecule has 1 amide bonds. The number of nitrogens with zero attached hydrogens (tertiary/aromatic N) is 1. The predicted molar refractivity (Wildman–Crippen MR) is 90.8 cm³/mol. The molecule has 0 radical (unpaired) electrons. The van der Waals surface area contributed by atoms with Gasteiger partial charge in [-0.3, -0.25) is 4.79 Å². The second kappa shape index (κ2) is 5.12. The fourth-order valence-corrected chi connectivity index (χ4v) is 4.86. The molecule has 0 spiro atoms. The van der Waals surface area contributed by atoms with Crippen LogP contribution in [0, 0.1) is 0 Å². The van der Waals surface area contributed by atoms with Gasteiger partial charge in [-0.15, -0.1) is 11.3 Å². The number of amides is 1. The standard InChI is InChI=1S/C17H17N3O3S/c1-20-5-4-10-13(7-20)24-17-14(10)16(21)18-15(19-17)9-2-3-11-12(6-9)23-8-22-11/h2-3,6,15,19H,4-5,7-8H2,1H3,(H,18,21)/t15-/m1/s1. The first-order valence-electron chi connectivity index (χ1n) is 7.99. The number of fused-ring (bicyclic) bond motifs is 4. The molecule has 6 nitrogen and oxygen atoms in total. The van der Waals surface area contributed by atoms with Gasteiger partial charge in [0.25, 0.3) is 5.91 Å². The highest BCUT2D eigenvalue weighted by atomic mass is 32.1. The number of rotatable bonds is 1. The Labute approximate surface area is 143 Å². The Morgan fingerprint density at radius 1 is 1.25 bits per heavy atom. The number of nitrogens with one attached hydrogen (secondary N) is 2. The first-order valence-corrected chi connectivity index (χ1v) is 8.81. The lowest BCUT2D eigenvalue weighted by Gasteiger charge is -2.27. The molecule has 3 aliphatic heterocycles. The van der Waals surface area contributed by atoms with E-state index in [-0.39, 0.29) is 18.9 Å². The number of ether oxygens (including phenoxy) is 2. The van der Waals surface area contributed by atoms with Crippen molar-refractivity contribution in [1.82, 2.24) is 10.2 Å². The topological polar surface area (TPSA) is 62.8 Å². The molecule has 1 atom stereocenters. The van der Waals surface area contributed by atoms with Gasteiger partial charge in [0, 0.05) is 18.0 Å². The van der Waals surface area contributed by atoms with Crippen LogP contribution in [0.15, 0.2) is 18.2 Å². The summed E-state index contributed by atoms with van der Waals surface area (Å²) >= 11 is 1.70. The van der Waals surface area contributed by atoms with E-state index in [1.807, 2.05) is 18.2 Å². The van der Waals surface area contributed by atoms with E-state index in [9.17, 15) is 4.79 Å². The monoisotopic (exact) mass is 343 g/mol. The number of hydrogen-bond donors (Lipinski definition) is 2. The zero-order chi connectivity index (χ0) is 16.3. The van der Waals surface area contributed by atoms with Gasteiger partial charge in [-0.05, 0) is 36.7 Å². The molecule has 2 N–H and O–H groups in total. The van der Waals surface area contributed by atoms with Gasteiger partial charge in [-0.1, -0.05) is 6.07 Å². The SMILES string of the molecule is CN1CCc2c(sc3c2C(=O)N[C@@H](c2ccc4c(c2)OCO4)N3)C1. The lowest BCUT2D eigenvalue weighted by molar-refractivity contribution is 0.0934. The number of carbonyl (C=O) groups excluding carboxylic acids is 1. The summed E-state index contributed by atoms with van der Waals surface area (Å²) in [6, 6.07) is 5.76. The first-order chi connectivity index (χ1) is 11.7. The Bertz CT molecular complexity index is 848. The molecule has 0 unspecified atom stereocenters. The molecule has 0 fully saturated rings. The molecule has 1 aromatic heterocycles. The summed E-state index contributed by atoms with van der Waals surface area (Å²) in [5.41, 5.74) is 3.00. The van der Waals surface area contributed by atoms with E-state index < -0.39 is 0 Å². The van der Waals surface area contributed by atoms with Gasteiger partial charge in [-0.2, -0.15) is 0 Å². The van der Waals surface area contributed by atoms with Gasteiger partial charge in [0.05, 0.1) is 5.56 Å². The number of benzene rings is 1. The van der Waals surface area contributed by atoms with Crippen molar-refractivity contribution in [2.75, 3.05) is 25.7 Å². The van der Waals surface area contributed by atoms with Crippen LogP contribution in [0.4, 0.5) is 5.00 Å². The predicted octanol–water partition coefficient (Wildman–Crippen LogP) is 2.32. The minimum Gasteiger partial charge on any atom is -0.454 e. The molecule has 0 bridgehead atoms. The Morgan fingerprint density at radius 2 is 2.12 bits per heavy atom. The number of anilines is 1. The summed E-state index contributed by atoms with van der Waals surface area (Å²) in [5.74, 6) is 1.48. The van der Waals surface area contributed by atoms with Gasteiger partial charge in [0.2, 0.25) is 6.79 Å². The Kier molecular flexibility index (Phi) is 3.01. The molecule has 1 aromatic carbocycles. The highest BCUT2D eigenvalue weighted by molar-refractivity contribution is 7.16. The molecule has 7 heteroatoms. The Hall–Kier alpha value is -2.25. The number of likely N-dealkylation sites (N-methyl/N-ethyl adjacent to an activating group) is 1. The summed E-state index contributed by atoms with van der Waals surface area (Å²) in [4.78, 5) is 16.3. The average molecular weight is 343 g/mol. The van der Waals surface area contributed by atoms with E-state index in [4.69, 9.17) is 9.47 Å². The van der Waals surface area contributed by atoms with E-state index >= 15 is 0 Å². The van der Waals surface area contributed by atoms with Crippen molar-refractivity contribution in [3.05, 3.63) is 39.8 Å². The fraction of sp³-hybridized carbons (Fsp3) is 0.353. The Morgan fingerprint density at radius 3 is 3.04 bits per heavy atom. The lowest BCUT2D eigenvalue weighted by atomic mass is 10.0. The molecule has 2 aromatic rings. The zero-order valence-electron chi connectivity index (χ0n) is 13.2. The molecule has 124 valence electrons. The van der Waals surface area contributed by atoms with E-state index in [2.05, 4.69) is 22.6 Å². The van der Waals surface area contributed by atoms with Crippen molar-refractivity contribution in [2.45, 2.75) is 19.1 Å². The van der Waals surface area contributed by atoms with Gasteiger partial charge in [0.1, 0.15) is 11.2 Å². The molecular weight excluding hydrogens is 326 g/mol. The van der Waals surface area contributed by atoms with Crippen LogP contribution in [0.3, 0.4) is 0 Å². The fourth-order valence-electron chi connectivity index (χ4n) is 3.50. The van der Waals surface area contributed by atoms with E-state index in [0.29, 0.717) is 0 Å². The second-order valence-corrected chi connectivity index (χ2v) is 7.46. The molecule has 0 saturated carbocycles. The molecular formula is C17H17N3O3S. The van der Waals surface area contributed by atoms with Crippen LogP contribution >= 0.6 is 11.3 Å². The normalized spacial score (nSPS) is 21.7. The smallest absolute Gasteiger partial charge is 0.256 e. The maximum Gasteiger partial charge on any atom is 0.256 e. The third-order valence-electron chi connectivity index (χ3n) is 4.76. The maximum absolute atomic E-state index is 12.7. The molecule has 0 saturated heterocycles. The quantitative estimate of drug-likeness (QED) is 0.832. The van der Waals surface area contributed by atoms with Crippen LogP contribution in [0.5, 0.6) is 11.5 Å². The highest BCUT2D eigenvalue weighted by Crippen LogP contribution is 2.41. The Balaban J connectivity index is 1.50. The van der Waals surface area contributed by atoms with Crippen molar-refractivity contribution in [3.63, 3.8) is 0 Å². The average Bonchev–Trinajstić information content (AvgIpc) is 3.17. The van der Waals surface area contributed by atoms with Crippen molar-refractivity contribution in [3.8, 4) is 11.5 Å². The van der Waals surface area contributed by atoms with Gasteiger partial charge >= 0.3 is 0 Å². The van der Waals surface area contributed by atoms with Crippen molar-refractivity contribution < 1.29 is 14.3 Å². The van der Waals surface area contributed by atoms with Crippen LogP contribution in [-0.2, 0) is 13.0 Å². The summed E-state index contributed by atoms with van der Waals surface area (Å²) < 4.78 is 10.8. The highest BCUT2D eigenvalue weighted by Gasteiger charge is 2.33. The van der Waals surface area contributed by atoms with Gasteiger partial charge < -0.3 is 25.0 Å². The van der Waals surface area contributed by atoms with Crippen molar-refractivity contribution in [1.29, 1.82) is 0 Å². The minimum atomic E-state index is -0.252. The first kappa shape index (κ1) is 14.1. The summed E-state index contributed by atoms with van der Waals surface area (Å²) in [5, 5.41) is 7.53. The minimum absolute atomic E-state index is 0.00784. The van der Waals surface area contributed by atoms with E-state index in [1.165, 1.54) is 10.4 Å². The van der Waals surface area contributed by atoms with E-state index in [1.54, 1.807) is 11.3 Å². The summed E-state index contributed by atoms with van der Waals surface area (Å²) in [6.45, 7) is 2.16. The molecule has 5 rings (SSSR count). The van der Waals surface area contributed by atoms with Crippen molar-refractivity contribution in [2.24, 2.45) is 0 Å². The van der Waals surface area contributed by atoms with Crippen LogP contribution in [0.2, 0.25) is 0 Å². The lowest BCUT2D eigenvalue weighted by Crippen LogP contribution is -2.38. The van der Waals surface area contributed by atoms with Crippen LogP contribution < -0.4 is 20.1 Å². The third-order valence-corrected chi connectivity index (χ3v) is 5.90. The van der Waals surface area contributed by atoms with Crippen LogP contribution in [0.25, 0.3) is 0 Å².